The third-order valence-corrected chi connectivity index (χ3v) is 6.71. The van der Waals surface area contributed by atoms with Gasteiger partial charge in [-0.3, -0.25) is 14.9 Å². The Morgan fingerprint density at radius 2 is 1.97 bits per heavy atom. The van der Waals surface area contributed by atoms with Crippen molar-refractivity contribution >= 4 is 34.6 Å². The zero-order valence-electron chi connectivity index (χ0n) is 18.5. The van der Waals surface area contributed by atoms with Crippen LogP contribution in [0.4, 0.5) is 17.1 Å². The number of anilines is 2. The van der Waals surface area contributed by atoms with Crippen molar-refractivity contribution in [1.82, 2.24) is 5.32 Å². The minimum atomic E-state index is -0.372. The van der Waals surface area contributed by atoms with Crippen LogP contribution in [0.25, 0.3) is 0 Å². The molecule has 1 saturated heterocycles. The lowest BCUT2D eigenvalue weighted by Gasteiger charge is -2.49. The summed E-state index contributed by atoms with van der Waals surface area (Å²) in [6.45, 7) is 7.16. The Morgan fingerprint density at radius 3 is 2.66 bits per heavy atom. The normalized spacial score (nSPS) is 20.0. The Bertz CT molecular complexity index is 995. The van der Waals surface area contributed by atoms with E-state index in [4.69, 9.17) is 11.6 Å². The number of benzene rings is 2. The quantitative estimate of drug-likeness (QED) is 0.518. The van der Waals surface area contributed by atoms with E-state index < -0.39 is 0 Å². The number of nitro benzene ring substituents is 1. The van der Waals surface area contributed by atoms with E-state index in [0.717, 1.165) is 36.4 Å². The highest BCUT2D eigenvalue weighted by Crippen LogP contribution is 2.38. The molecule has 2 aromatic rings. The van der Waals surface area contributed by atoms with Crippen LogP contribution < -0.4 is 15.1 Å². The summed E-state index contributed by atoms with van der Waals surface area (Å²) >= 11 is 6.06. The highest BCUT2D eigenvalue weighted by Gasteiger charge is 2.42. The summed E-state index contributed by atoms with van der Waals surface area (Å²) < 4.78 is 0. The number of hydrogen-bond acceptors (Lipinski definition) is 5. The van der Waals surface area contributed by atoms with Gasteiger partial charge in [0.1, 0.15) is 0 Å². The zero-order chi connectivity index (χ0) is 22.8. The molecular formula is C24H29ClN4O3. The largest absolute Gasteiger partial charge is 0.368 e. The molecule has 0 aliphatic carbocycles. The van der Waals surface area contributed by atoms with Gasteiger partial charge in [-0.15, -0.1) is 0 Å². The third-order valence-electron chi connectivity index (χ3n) is 6.46. The fourth-order valence-corrected chi connectivity index (χ4v) is 4.85. The van der Waals surface area contributed by atoms with Gasteiger partial charge in [-0.1, -0.05) is 25.4 Å². The van der Waals surface area contributed by atoms with E-state index in [1.54, 1.807) is 12.1 Å². The summed E-state index contributed by atoms with van der Waals surface area (Å²) in [7, 11) is 0. The topological polar surface area (TPSA) is 78.7 Å². The minimum Gasteiger partial charge on any atom is -0.368 e. The van der Waals surface area contributed by atoms with Gasteiger partial charge in [-0.05, 0) is 54.7 Å². The average molecular weight is 457 g/mol. The van der Waals surface area contributed by atoms with Crippen molar-refractivity contribution in [2.45, 2.75) is 32.7 Å². The molecule has 2 heterocycles. The number of carbonyl (C=O) groups is 1. The number of amides is 1. The van der Waals surface area contributed by atoms with E-state index in [-0.39, 0.29) is 28.5 Å². The number of non-ortho nitro benzene ring substituents is 1. The fourth-order valence-electron chi connectivity index (χ4n) is 4.72. The first-order chi connectivity index (χ1) is 15.3. The molecule has 0 aromatic heterocycles. The summed E-state index contributed by atoms with van der Waals surface area (Å²) in [4.78, 5) is 28.7. The van der Waals surface area contributed by atoms with Crippen molar-refractivity contribution in [2.24, 2.45) is 11.8 Å². The summed E-state index contributed by atoms with van der Waals surface area (Å²) in [5.74, 6) is 0.263. The number of fused-ring (bicyclic) bond motifs is 3. The van der Waals surface area contributed by atoms with E-state index in [1.165, 1.54) is 0 Å². The van der Waals surface area contributed by atoms with E-state index in [1.807, 2.05) is 30.3 Å². The predicted molar refractivity (Wildman–Crippen MR) is 128 cm³/mol. The lowest BCUT2D eigenvalue weighted by molar-refractivity contribution is -0.384. The molecule has 2 unspecified atom stereocenters. The number of nitrogens with zero attached hydrogens (tertiary/aromatic N) is 3. The van der Waals surface area contributed by atoms with Crippen molar-refractivity contribution in [3.63, 3.8) is 0 Å². The van der Waals surface area contributed by atoms with Crippen molar-refractivity contribution < 1.29 is 9.72 Å². The van der Waals surface area contributed by atoms with Crippen LogP contribution in [0.3, 0.4) is 0 Å². The standard InChI is InChI=1S/C24H29ClN4O3/c1-16(2)9-10-26-24(30)21-14-17-13-20(29(31)32)7-8-22(17)28-12-11-27(15-23(21)28)19-5-3-18(25)4-6-19/h3-8,13,16,21,23H,9-12,14-15H2,1-2H3,(H,26,30). The molecule has 1 fully saturated rings. The van der Waals surface area contributed by atoms with Gasteiger partial charge >= 0.3 is 0 Å². The average Bonchev–Trinajstić information content (AvgIpc) is 2.77. The second-order valence-electron chi connectivity index (χ2n) is 9.04. The minimum absolute atomic E-state index is 0.00701. The van der Waals surface area contributed by atoms with Crippen molar-refractivity contribution in [2.75, 3.05) is 36.0 Å². The smallest absolute Gasteiger partial charge is 0.269 e. The second-order valence-corrected chi connectivity index (χ2v) is 9.47. The van der Waals surface area contributed by atoms with Gasteiger partial charge in [0.15, 0.2) is 0 Å². The van der Waals surface area contributed by atoms with Crippen molar-refractivity contribution in [1.29, 1.82) is 0 Å². The summed E-state index contributed by atoms with van der Waals surface area (Å²) in [6, 6.07) is 12.8. The Balaban J connectivity index is 1.62. The molecule has 2 aliphatic rings. The van der Waals surface area contributed by atoms with E-state index >= 15 is 0 Å². The molecule has 170 valence electrons. The second kappa shape index (κ2) is 9.36. The molecule has 0 radical (unpaired) electrons. The molecule has 0 bridgehead atoms. The molecule has 2 atom stereocenters. The number of hydrogen-bond donors (Lipinski definition) is 1. The van der Waals surface area contributed by atoms with Crippen LogP contribution >= 0.6 is 11.6 Å². The summed E-state index contributed by atoms with van der Waals surface area (Å²) in [5, 5.41) is 15.1. The molecule has 1 N–H and O–H groups in total. The van der Waals surface area contributed by atoms with Gasteiger partial charge < -0.3 is 15.1 Å². The Hall–Kier alpha value is -2.80. The van der Waals surface area contributed by atoms with Crippen LogP contribution in [-0.2, 0) is 11.2 Å². The lowest BCUT2D eigenvalue weighted by Crippen LogP contribution is -2.61. The Morgan fingerprint density at radius 1 is 1.22 bits per heavy atom. The van der Waals surface area contributed by atoms with Gasteiger partial charge in [-0.2, -0.15) is 0 Å². The molecule has 0 saturated carbocycles. The molecule has 32 heavy (non-hydrogen) atoms. The number of carbonyl (C=O) groups excluding carboxylic acids is 1. The zero-order valence-corrected chi connectivity index (χ0v) is 19.2. The predicted octanol–water partition coefficient (Wildman–Crippen LogP) is 4.28. The van der Waals surface area contributed by atoms with E-state index in [9.17, 15) is 14.9 Å². The number of rotatable bonds is 6. The Labute approximate surface area is 193 Å². The van der Waals surface area contributed by atoms with Crippen LogP contribution in [0.5, 0.6) is 0 Å². The van der Waals surface area contributed by atoms with Crippen molar-refractivity contribution in [3.05, 3.63) is 63.2 Å². The van der Waals surface area contributed by atoms with Crippen molar-refractivity contribution in [3.8, 4) is 0 Å². The van der Waals surface area contributed by atoms with E-state index in [2.05, 4.69) is 29.0 Å². The number of nitrogens with one attached hydrogen (secondary N) is 1. The first kappa shape index (κ1) is 22.4. The van der Waals surface area contributed by atoms with Crippen LogP contribution in [-0.4, -0.2) is 43.1 Å². The number of nitro groups is 1. The van der Waals surface area contributed by atoms with Gasteiger partial charge in [0.2, 0.25) is 5.91 Å². The Kier molecular flexibility index (Phi) is 6.55. The van der Waals surface area contributed by atoms with Gasteiger partial charge in [0.25, 0.3) is 5.69 Å². The highest BCUT2D eigenvalue weighted by atomic mass is 35.5. The molecule has 2 aromatic carbocycles. The molecule has 2 aliphatic heterocycles. The summed E-state index contributed by atoms with van der Waals surface area (Å²) in [6.07, 6.45) is 1.42. The molecule has 7 nitrogen and oxygen atoms in total. The highest BCUT2D eigenvalue weighted by molar-refractivity contribution is 6.30. The van der Waals surface area contributed by atoms with Gasteiger partial charge in [0.05, 0.1) is 16.9 Å². The first-order valence-corrected chi connectivity index (χ1v) is 11.5. The third kappa shape index (κ3) is 4.67. The van der Waals surface area contributed by atoms with Crippen LogP contribution in [0.15, 0.2) is 42.5 Å². The van der Waals surface area contributed by atoms with Gasteiger partial charge in [-0.25, -0.2) is 0 Å². The maximum Gasteiger partial charge on any atom is 0.269 e. The van der Waals surface area contributed by atoms with Crippen LogP contribution in [0, 0.1) is 22.0 Å². The summed E-state index contributed by atoms with van der Waals surface area (Å²) in [5.41, 5.74) is 3.03. The maximum absolute atomic E-state index is 13.2. The molecule has 4 rings (SSSR count). The molecular weight excluding hydrogens is 428 g/mol. The van der Waals surface area contributed by atoms with Gasteiger partial charge in [0, 0.05) is 54.7 Å². The first-order valence-electron chi connectivity index (χ1n) is 11.2. The monoisotopic (exact) mass is 456 g/mol. The fraction of sp³-hybridized carbons (Fsp3) is 0.458. The van der Waals surface area contributed by atoms with Crippen LogP contribution in [0.2, 0.25) is 5.02 Å². The molecule has 1 amide bonds. The molecule has 0 spiro atoms. The maximum atomic E-state index is 13.2. The number of piperazine rings is 1. The van der Waals surface area contributed by atoms with Crippen LogP contribution in [0.1, 0.15) is 25.8 Å². The lowest BCUT2D eigenvalue weighted by atomic mass is 9.83. The van der Waals surface area contributed by atoms with E-state index in [0.29, 0.717) is 30.5 Å². The number of halogens is 1. The molecule has 8 heteroatoms. The SMILES string of the molecule is CC(C)CCNC(=O)C1Cc2cc([N+](=O)[O-])ccc2N2CCN(c3ccc(Cl)cc3)CC12.